The molecule has 1 aliphatic heterocycles. The summed E-state index contributed by atoms with van der Waals surface area (Å²) in [6.07, 6.45) is 3.54. The van der Waals surface area contributed by atoms with Gasteiger partial charge in [-0.2, -0.15) is 5.10 Å². The number of halogens is 1. The van der Waals surface area contributed by atoms with E-state index in [0.717, 1.165) is 18.7 Å². The average molecular weight is 423 g/mol. The Balaban J connectivity index is 1.34. The largest absolute Gasteiger partial charge is 0.352 e. The van der Waals surface area contributed by atoms with Crippen LogP contribution < -0.4 is 10.2 Å². The maximum Gasteiger partial charge on any atom is 0.255 e. The van der Waals surface area contributed by atoms with E-state index in [2.05, 4.69) is 16.5 Å². The molecule has 0 saturated heterocycles. The minimum absolute atomic E-state index is 0.0901. The Morgan fingerprint density at radius 2 is 1.90 bits per heavy atom. The summed E-state index contributed by atoms with van der Waals surface area (Å²) in [4.78, 5) is 27.2. The van der Waals surface area contributed by atoms with Crippen LogP contribution in [0, 0.1) is 0 Å². The van der Waals surface area contributed by atoms with Gasteiger partial charge in [-0.05, 0) is 30.5 Å². The first-order valence-corrected chi connectivity index (χ1v) is 10.4. The number of hydrogen-bond donors (Lipinski definition) is 1. The molecule has 154 valence electrons. The fourth-order valence-electron chi connectivity index (χ4n) is 3.78. The molecule has 1 aromatic heterocycles. The molecule has 6 nitrogen and oxygen atoms in total. The van der Waals surface area contributed by atoms with Crippen molar-refractivity contribution >= 4 is 29.1 Å². The van der Waals surface area contributed by atoms with E-state index in [4.69, 9.17) is 11.6 Å². The summed E-state index contributed by atoms with van der Waals surface area (Å²) in [6.45, 7) is 1.14. The summed E-state index contributed by atoms with van der Waals surface area (Å²) in [5.74, 6) is -0.135. The van der Waals surface area contributed by atoms with Crippen LogP contribution in [-0.4, -0.2) is 34.7 Å². The van der Waals surface area contributed by atoms with Crippen LogP contribution in [0.3, 0.4) is 0 Å². The van der Waals surface area contributed by atoms with Crippen molar-refractivity contribution in [2.75, 3.05) is 18.0 Å². The van der Waals surface area contributed by atoms with Gasteiger partial charge >= 0.3 is 0 Å². The number of para-hydroxylation sites is 1. The first-order valence-electron chi connectivity index (χ1n) is 9.99. The second-order valence-electron chi connectivity index (χ2n) is 7.33. The molecule has 2 heterocycles. The second kappa shape index (κ2) is 8.71. The Morgan fingerprint density at radius 1 is 1.13 bits per heavy atom. The fourth-order valence-corrected chi connectivity index (χ4v) is 4.00. The number of carbonyl (C=O) groups excluding carboxylic acids is 2. The SMILES string of the molecule is Cn1cc(C(=O)NCCCC(=O)N2CCc3ccccc32)c(-c2ccccc2Cl)n1. The van der Waals surface area contributed by atoms with E-state index in [1.54, 1.807) is 24.0 Å². The average Bonchev–Trinajstić information content (AvgIpc) is 3.35. The van der Waals surface area contributed by atoms with Gasteiger partial charge in [-0.15, -0.1) is 0 Å². The number of carbonyl (C=O) groups is 2. The molecular weight excluding hydrogens is 400 g/mol. The van der Waals surface area contributed by atoms with E-state index in [9.17, 15) is 9.59 Å². The molecule has 1 N–H and O–H groups in total. The second-order valence-corrected chi connectivity index (χ2v) is 7.74. The number of hydrogen-bond acceptors (Lipinski definition) is 3. The maximum atomic E-state index is 12.7. The highest BCUT2D eigenvalue weighted by Crippen LogP contribution is 2.29. The molecule has 1 aliphatic rings. The molecule has 0 unspecified atom stereocenters. The molecular formula is C23H23ClN4O2. The van der Waals surface area contributed by atoms with E-state index < -0.39 is 0 Å². The zero-order valence-corrected chi connectivity index (χ0v) is 17.5. The summed E-state index contributed by atoms with van der Waals surface area (Å²) in [5.41, 5.74) is 3.94. The number of nitrogens with zero attached hydrogens (tertiary/aromatic N) is 3. The Kier molecular flexibility index (Phi) is 5.86. The topological polar surface area (TPSA) is 67.2 Å². The first-order chi connectivity index (χ1) is 14.5. The van der Waals surface area contributed by atoms with E-state index >= 15 is 0 Å². The van der Waals surface area contributed by atoms with Gasteiger partial charge in [-0.3, -0.25) is 14.3 Å². The highest BCUT2D eigenvalue weighted by atomic mass is 35.5. The monoisotopic (exact) mass is 422 g/mol. The van der Waals surface area contributed by atoms with Crippen molar-refractivity contribution in [1.29, 1.82) is 0 Å². The normalized spacial score (nSPS) is 12.7. The molecule has 0 saturated carbocycles. The molecule has 7 heteroatoms. The van der Waals surface area contributed by atoms with Crippen LogP contribution in [0.25, 0.3) is 11.3 Å². The highest BCUT2D eigenvalue weighted by molar-refractivity contribution is 6.33. The van der Waals surface area contributed by atoms with Crippen LogP contribution in [-0.2, 0) is 18.3 Å². The number of aryl methyl sites for hydroxylation is 1. The van der Waals surface area contributed by atoms with Gasteiger partial charge in [-0.25, -0.2) is 0 Å². The summed E-state index contributed by atoms with van der Waals surface area (Å²) in [7, 11) is 1.77. The maximum absolute atomic E-state index is 12.7. The van der Waals surface area contributed by atoms with Crippen LogP contribution in [0.4, 0.5) is 5.69 Å². The number of anilines is 1. The number of amides is 2. The summed E-state index contributed by atoms with van der Waals surface area (Å²) < 4.78 is 1.60. The lowest BCUT2D eigenvalue weighted by Gasteiger charge is -2.17. The molecule has 0 atom stereocenters. The van der Waals surface area contributed by atoms with Gasteiger partial charge in [0.2, 0.25) is 5.91 Å². The molecule has 4 rings (SSSR count). The first kappa shape index (κ1) is 20.2. The molecule has 0 radical (unpaired) electrons. The summed E-state index contributed by atoms with van der Waals surface area (Å²) >= 11 is 6.28. The molecule has 2 aromatic carbocycles. The Hall–Kier alpha value is -3.12. The highest BCUT2D eigenvalue weighted by Gasteiger charge is 2.24. The van der Waals surface area contributed by atoms with Crippen molar-refractivity contribution < 1.29 is 9.59 Å². The predicted molar refractivity (Wildman–Crippen MR) is 118 cm³/mol. The molecule has 0 aliphatic carbocycles. The van der Waals surface area contributed by atoms with Gasteiger partial charge in [0.1, 0.15) is 5.69 Å². The van der Waals surface area contributed by atoms with E-state index in [1.807, 2.05) is 41.3 Å². The minimum atomic E-state index is -0.225. The zero-order valence-electron chi connectivity index (χ0n) is 16.8. The van der Waals surface area contributed by atoms with Crippen LogP contribution in [0.1, 0.15) is 28.8 Å². The third-order valence-corrected chi connectivity index (χ3v) is 5.57. The van der Waals surface area contributed by atoms with Crippen LogP contribution >= 0.6 is 11.6 Å². The van der Waals surface area contributed by atoms with Crippen molar-refractivity contribution in [1.82, 2.24) is 15.1 Å². The fraction of sp³-hybridized carbons (Fsp3) is 0.261. The number of nitrogens with one attached hydrogen (secondary N) is 1. The van der Waals surface area contributed by atoms with Gasteiger partial charge in [0, 0.05) is 44.0 Å². The van der Waals surface area contributed by atoms with Gasteiger partial charge in [0.15, 0.2) is 0 Å². The van der Waals surface area contributed by atoms with E-state index in [1.165, 1.54) is 5.56 Å². The van der Waals surface area contributed by atoms with Crippen molar-refractivity contribution in [3.8, 4) is 11.3 Å². The third-order valence-electron chi connectivity index (χ3n) is 5.24. The lowest BCUT2D eigenvalue weighted by Crippen LogP contribution is -2.30. The lowest BCUT2D eigenvalue weighted by molar-refractivity contribution is -0.118. The minimum Gasteiger partial charge on any atom is -0.352 e. The Bertz CT molecular complexity index is 1090. The van der Waals surface area contributed by atoms with E-state index in [0.29, 0.717) is 41.2 Å². The summed E-state index contributed by atoms with van der Waals surface area (Å²) in [5, 5.41) is 7.85. The molecule has 3 aromatic rings. The number of aromatic nitrogens is 2. The van der Waals surface area contributed by atoms with Crippen molar-refractivity contribution in [3.63, 3.8) is 0 Å². The van der Waals surface area contributed by atoms with Gasteiger partial charge in [0.25, 0.3) is 5.91 Å². The zero-order chi connectivity index (χ0) is 21.1. The molecule has 2 amide bonds. The standard InChI is InChI=1S/C23H23ClN4O2/c1-27-15-18(22(26-27)17-8-3-4-9-19(17)24)23(30)25-13-6-11-21(29)28-14-12-16-7-2-5-10-20(16)28/h2-5,7-10,15H,6,11-14H2,1H3,(H,25,30). The van der Waals surface area contributed by atoms with Crippen molar-refractivity contribution in [3.05, 3.63) is 70.9 Å². The Morgan fingerprint density at radius 3 is 2.73 bits per heavy atom. The molecule has 0 fully saturated rings. The van der Waals surface area contributed by atoms with Crippen LogP contribution in [0.5, 0.6) is 0 Å². The number of benzene rings is 2. The predicted octanol–water partition coefficient (Wildman–Crippen LogP) is 3.84. The van der Waals surface area contributed by atoms with Crippen LogP contribution in [0.2, 0.25) is 5.02 Å². The summed E-state index contributed by atoms with van der Waals surface area (Å²) in [6, 6.07) is 15.3. The number of rotatable bonds is 6. The third kappa shape index (κ3) is 4.09. The smallest absolute Gasteiger partial charge is 0.255 e. The Labute approximate surface area is 180 Å². The van der Waals surface area contributed by atoms with Gasteiger partial charge < -0.3 is 10.2 Å². The lowest BCUT2D eigenvalue weighted by atomic mass is 10.1. The van der Waals surface area contributed by atoms with Gasteiger partial charge in [-0.1, -0.05) is 48.0 Å². The number of fused-ring (bicyclic) bond motifs is 1. The molecule has 30 heavy (non-hydrogen) atoms. The van der Waals surface area contributed by atoms with Gasteiger partial charge in [0.05, 0.1) is 10.6 Å². The quantitative estimate of drug-likeness (QED) is 0.614. The van der Waals surface area contributed by atoms with Crippen molar-refractivity contribution in [2.45, 2.75) is 19.3 Å². The molecule has 0 spiro atoms. The van der Waals surface area contributed by atoms with Crippen LogP contribution in [0.15, 0.2) is 54.7 Å². The van der Waals surface area contributed by atoms with Crippen molar-refractivity contribution in [2.24, 2.45) is 7.05 Å². The van der Waals surface area contributed by atoms with E-state index in [-0.39, 0.29) is 11.8 Å². The molecule has 0 bridgehead atoms.